The van der Waals surface area contributed by atoms with Crippen molar-refractivity contribution in [2.75, 3.05) is 13.2 Å². The van der Waals surface area contributed by atoms with Crippen LogP contribution in [0.25, 0.3) is 0 Å². The maximum absolute atomic E-state index is 12.6. The van der Waals surface area contributed by atoms with E-state index in [1.54, 1.807) is 31.2 Å². The van der Waals surface area contributed by atoms with Crippen LogP contribution < -0.4 is 16.1 Å². The van der Waals surface area contributed by atoms with Crippen molar-refractivity contribution < 1.29 is 48.1 Å². The van der Waals surface area contributed by atoms with Crippen molar-refractivity contribution in [3.63, 3.8) is 0 Å². The summed E-state index contributed by atoms with van der Waals surface area (Å²) in [6.07, 6.45) is -3.73. The van der Waals surface area contributed by atoms with E-state index in [0.717, 1.165) is 5.56 Å². The lowest BCUT2D eigenvalue weighted by molar-refractivity contribution is -0.147. The molecule has 2 unspecified atom stereocenters. The summed E-state index contributed by atoms with van der Waals surface area (Å²) in [5, 5.41) is 14.4. The summed E-state index contributed by atoms with van der Waals surface area (Å²) in [5.74, 6) is -4.39. The van der Waals surface area contributed by atoms with Crippen LogP contribution in [-0.4, -0.2) is 83.3 Å². The Morgan fingerprint density at radius 2 is 1.62 bits per heavy atom. The molecule has 0 aromatic heterocycles. The summed E-state index contributed by atoms with van der Waals surface area (Å²) in [6, 6.07) is 6.67. The molecule has 2 rings (SSSR count). The number of nitrogens with zero attached hydrogens (tertiary/aromatic N) is 1. The average molecular weight is 523 g/mol. The molecule has 1 aliphatic heterocycles. The number of aliphatic carboxylic acids is 1. The number of hydrogen-bond donors (Lipinski definition) is 4. The molecule has 1 saturated heterocycles. The summed E-state index contributed by atoms with van der Waals surface area (Å²) in [4.78, 5) is 72.3. The van der Waals surface area contributed by atoms with Gasteiger partial charge in [-0.05, 0) is 26.3 Å². The number of rotatable bonds is 12. The zero-order valence-electron chi connectivity index (χ0n) is 20.6. The number of carbonyl (C=O) groups is 6. The van der Waals surface area contributed by atoms with Crippen LogP contribution in [0.4, 0.5) is 4.79 Å². The Kier molecular flexibility index (Phi) is 10.8. The Labute approximate surface area is 212 Å². The predicted octanol–water partition coefficient (Wildman–Crippen LogP) is -0.529. The second-order valence-corrected chi connectivity index (χ2v) is 8.00. The van der Waals surface area contributed by atoms with E-state index >= 15 is 0 Å². The van der Waals surface area contributed by atoms with Gasteiger partial charge >= 0.3 is 18.0 Å². The number of alkyl carbamates (subject to hydrolysis) is 1. The maximum Gasteiger partial charge on any atom is 0.408 e. The van der Waals surface area contributed by atoms with Crippen LogP contribution in [0.2, 0.25) is 0 Å². The van der Waals surface area contributed by atoms with E-state index in [1.165, 1.54) is 13.8 Å². The number of esters is 1. The largest absolute Gasteiger partial charge is 0.481 e. The molecule has 0 bridgehead atoms. The van der Waals surface area contributed by atoms with Gasteiger partial charge in [0.25, 0.3) is 11.8 Å². The molecule has 202 valence electrons. The fourth-order valence-corrected chi connectivity index (χ4v) is 2.93. The van der Waals surface area contributed by atoms with Crippen molar-refractivity contribution in [3.8, 4) is 0 Å². The normalized spacial score (nSPS) is 17.4. The van der Waals surface area contributed by atoms with Gasteiger partial charge in [-0.1, -0.05) is 30.3 Å². The molecule has 1 heterocycles. The number of amides is 4. The molecular weight excluding hydrogens is 492 g/mol. The molecule has 1 fully saturated rings. The Morgan fingerprint density at radius 3 is 2.24 bits per heavy atom. The first kappa shape index (κ1) is 29.0. The summed E-state index contributed by atoms with van der Waals surface area (Å²) in [5.41, 5.74) is 2.99. The number of hydrogen-bond acceptors (Lipinski definition) is 9. The van der Waals surface area contributed by atoms with Gasteiger partial charge in [0.05, 0.1) is 19.6 Å². The highest BCUT2D eigenvalue weighted by atomic mass is 16.6. The number of benzene rings is 1. The van der Waals surface area contributed by atoms with Crippen molar-refractivity contribution in [2.45, 2.75) is 58.1 Å². The van der Waals surface area contributed by atoms with Gasteiger partial charge in [0.1, 0.15) is 18.7 Å². The van der Waals surface area contributed by atoms with Gasteiger partial charge in [-0.25, -0.2) is 9.59 Å². The molecule has 0 aliphatic carbocycles. The minimum Gasteiger partial charge on any atom is -0.481 e. The summed E-state index contributed by atoms with van der Waals surface area (Å²) < 4.78 is 14.8. The Bertz CT molecular complexity index is 1000. The molecule has 37 heavy (non-hydrogen) atoms. The van der Waals surface area contributed by atoms with E-state index in [0.29, 0.717) is 5.01 Å². The minimum atomic E-state index is -1.23. The smallest absolute Gasteiger partial charge is 0.408 e. The van der Waals surface area contributed by atoms with Gasteiger partial charge in [-0.2, -0.15) is 0 Å². The quantitative estimate of drug-likeness (QED) is 0.158. The van der Waals surface area contributed by atoms with Crippen LogP contribution in [0.15, 0.2) is 30.3 Å². The molecule has 1 aromatic rings. The minimum absolute atomic E-state index is 0.00175. The van der Waals surface area contributed by atoms with Crippen molar-refractivity contribution in [1.82, 2.24) is 21.1 Å². The van der Waals surface area contributed by atoms with E-state index in [1.807, 2.05) is 6.07 Å². The number of nitrogens with one attached hydrogen (secondary N) is 3. The second kappa shape index (κ2) is 13.8. The van der Waals surface area contributed by atoms with Gasteiger partial charge in [0.15, 0.2) is 12.2 Å². The van der Waals surface area contributed by atoms with Crippen LogP contribution in [0, 0.1) is 0 Å². The van der Waals surface area contributed by atoms with E-state index in [2.05, 4.69) is 16.1 Å². The average Bonchev–Trinajstić information content (AvgIpc) is 3.66. The molecule has 4 atom stereocenters. The van der Waals surface area contributed by atoms with Gasteiger partial charge in [-0.15, -0.1) is 0 Å². The third-order valence-electron chi connectivity index (χ3n) is 5.01. The first-order valence-corrected chi connectivity index (χ1v) is 11.5. The van der Waals surface area contributed by atoms with Crippen LogP contribution in [0.5, 0.6) is 0 Å². The lowest BCUT2D eigenvalue weighted by atomic mass is 10.2. The molecule has 4 N–H and O–H groups in total. The standard InChI is InChI=1S/C23H30N4O10/c1-4-35-22(33)18-17(37-18)21(32)27(11-10-16(28)29)26-20(31)14(3)24-19(30)13(2)25-23(34)36-12-15-8-6-5-7-9-15/h5-9,13-14,17-18H,4,10-12H2,1-3H3,(H,24,30)(H,25,34)(H,26,31)(H,28,29)/t13-,14-,17?,18?/m0/s1. The van der Waals surface area contributed by atoms with E-state index in [9.17, 15) is 28.8 Å². The molecule has 1 aromatic carbocycles. The van der Waals surface area contributed by atoms with Crippen molar-refractivity contribution in [2.24, 2.45) is 0 Å². The Balaban J connectivity index is 1.86. The first-order chi connectivity index (χ1) is 17.5. The fraction of sp³-hybridized carbons (Fsp3) is 0.478. The Hall–Kier alpha value is -4.20. The van der Waals surface area contributed by atoms with Crippen LogP contribution in [0.3, 0.4) is 0 Å². The van der Waals surface area contributed by atoms with Gasteiger partial charge in [-0.3, -0.25) is 29.6 Å². The highest BCUT2D eigenvalue weighted by molar-refractivity contribution is 5.95. The third-order valence-corrected chi connectivity index (χ3v) is 5.01. The number of ether oxygens (including phenoxy) is 3. The number of epoxide rings is 1. The van der Waals surface area contributed by atoms with Crippen molar-refractivity contribution in [1.29, 1.82) is 0 Å². The van der Waals surface area contributed by atoms with Crippen LogP contribution >= 0.6 is 0 Å². The van der Waals surface area contributed by atoms with Crippen molar-refractivity contribution >= 4 is 35.8 Å². The van der Waals surface area contributed by atoms with E-state index in [4.69, 9.17) is 19.3 Å². The predicted molar refractivity (Wildman–Crippen MR) is 124 cm³/mol. The number of carboxylic acids is 1. The summed E-state index contributed by atoms with van der Waals surface area (Å²) in [7, 11) is 0. The van der Waals surface area contributed by atoms with Crippen LogP contribution in [0.1, 0.15) is 32.8 Å². The van der Waals surface area contributed by atoms with Gasteiger partial charge < -0.3 is 30.0 Å². The lowest BCUT2D eigenvalue weighted by Gasteiger charge is -2.25. The molecule has 4 amide bonds. The monoisotopic (exact) mass is 522 g/mol. The molecule has 0 spiro atoms. The van der Waals surface area contributed by atoms with Gasteiger partial charge in [0.2, 0.25) is 5.91 Å². The molecule has 14 heteroatoms. The van der Waals surface area contributed by atoms with Crippen molar-refractivity contribution in [3.05, 3.63) is 35.9 Å². The van der Waals surface area contributed by atoms with Gasteiger partial charge in [0, 0.05) is 0 Å². The molecule has 1 aliphatic rings. The summed E-state index contributed by atoms with van der Waals surface area (Å²) >= 11 is 0. The third kappa shape index (κ3) is 9.40. The maximum atomic E-state index is 12.6. The zero-order valence-corrected chi connectivity index (χ0v) is 20.6. The Morgan fingerprint density at radius 1 is 0.973 bits per heavy atom. The zero-order chi connectivity index (χ0) is 27.5. The van der Waals surface area contributed by atoms with E-state index in [-0.39, 0.29) is 13.2 Å². The highest BCUT2D eigenvalue weighted by Gasteiger charge is 2.53. The summed E-state index contributed by atoms with van der Waals surface area (Å²) in [6.45, 7) is 3.95. The topological polar surface area (TPSA) is 193 Å². The first-order valence-electron chi connectivity index (χ1n) is 11.5. The molecule has 14 nitrogen and oxygen atoms in total. The molecular formula is C23H30N4O10. The molecule has 0 saturated carbocycles. The number of carboxylic acid groups (broad SMARTS) is 1. The number of hydrazine groups is 1. The van der Waals surface area contributed by atoms with E-state index < -0.39 is 73.0 Å². The number of carbonyl (C=O) groups excluding carboxylic acids is 5. The fourth-order valence-electron chi connectivity index (χ4n) is 2.93. The van der Waals surface area contributed by atoms with Crippen LogP contribution in [-0.2, 0) is 44.8 Å². The molecule has 0 radical (unpaired) electrons. The second-order valence-electron chi connectivity index (χ2n) is 8.00. The SMILES string of the molecule is CCOC(=O)C1OC1C(=O)N(CCC(=O)O)NC(=O)[C@H](C)NC(=O)[C@H](C)NC(=O)OCc1ccccc1. The highest BCUT2D eigenvalue weighted by Crippen LogP contribution is 2.25. The lowest BCUT2D eigenvalue weighted by Crippen LogP contribution is -2.56.